The van der Waals surface area contributed by atoms with Crippen LogP contribution in [0.25, 0.3) is 5.31 Å². The Bertz CT molecular complexity index is 1320. The highest BCUT2D eigenvalue weighted by atomic mass is 127. The van der Waals surface area contributed by atoms with Crippen molar-refractivity contribution >= 4 is 61.0 Å². The Kier molecular flexibility index (Phi) is 8.92. The third-order valence-corrected chi connectivity index (χ3v) is 22.6. The molecule has 0 spiro atoms. The van der Waals surface area contributed by atoms with Crippen molar-refractivity contribution < 1.29 is 0 Å². The normalized spacial score (nSPS) is 19.6. The van der Waals surface area contributed by atoms with Crippen molar-refractivity contribution in [3.05, 3.63) is 139 Å². The van der Waals surface area contributed by atoms with Crippen LogP contribution in [0, 0.1) is 0 Å². The summed E-state index contributed by atoms with van der Waals surface area (Å²) in [5, 5.41) is 1.71. The highest BCUT2D eigenvalue weighted by Gasteiger charge is 2.70. The Balaban J connectivity index is 1.80. The van der Waals surface area contributed by atoms with E-state index in [2.05, 4.69) is 173 Å². The van der Waals surface area contributed by atoms with Gasteiger partial charge in [-0.2, -0.15) is 0 Å². The van der Waals surface area contributed by atoms with Gasteiger partial charge >= 0.3 is 0 Å². The van der Waals surface area contributed by atoms with Crippen LogP contribution in [0.5, 0.6) is 0 Å². The third kappa shape index (κ3) is 5.09. The van der Waals surface area contributed by atoms with Crippen molar-refractivity contribution in [3.8, 4) is 0 Å². The van der Waals surface area contributed by atoms with Gasteiger partial charge in [-0.15, -0.1) is 0 Å². The molecule has 0 saturated heterocycles. The molecule has 0 aromatic heterocycles. The summed E-state index contributed by atoms with van der Waals surface area (Å²) in [6.07, 6.45) is 4.60. The summed E-state index contributed by atoms with van der Waals surface area (Å²) in [7, 11) is 2.23. The second-order valence-corrected chi connectivity index (χ2v) is 21.1. The zero-order valence-corrected chi connectivity index (χ0v) is 26.6. The second kappa shape index (κ2) is 12.2. The van der Waals surface area contributed by atoms with Crippen molar-refractivity contribution in [1.82, 2.24) is 9.34 Å². The number of hydrogen-bond donors (Lipinski definition) is 0. The van der Waals surface area contributed by atoms with Gasteiger partial charge in [0.25, 0.3) is 6.77 Å². The average Bonchev–Trinajstić information content (AvgIpc) is 3.25. The zero-order chi connectivity index (χ0) is 26.6. The maximum atomic E-state index is 8.23. The third-order valence-electron chi connectivity index (χ3n) is 7.10. The van der Waals surface area contributed by atoms with Crippen LogP contribution in [0.2, 0.25) is 0 Å². The van der Waals surface area contributed by atoms with E-state index in [0.717, 1.165) is 19.4 Å². The largest absolute Gasteiger partial charge is 0.337 e. The van der Waals surface area contributed by atoms with E-state index in [-0.39, 0.29) is 5.78 Å². The minimum absolute atomic E-state index is 0.196. The average molecular weight is 671 g/mol. The van der Waals surface area contributed by atoms with Crippen LogP contribution < -0.4 is 10.6 Å². The second-order valence-electron chi connectivity index (χ2n) is 9.61. The smallest absolute Gasteiger partial charge is 0.284 e. The fourth-order valence-electron chi connectivity index (χ4n) is 5.32. The van der Waals surface area contributed by atoms with Crippen molar-refractivity contribution in [2.45, 2.75) is 25.5 Å². The van der Waals surface area contributed by atoms with Crippen molar-refractivity contribution in [2.24, 2.45) is 0 Å². The molecular formula is C32H34ClIN2P2+2. The zero-order valence-electron chi connectivity index (χ0n) is 21.9. The number of unbranched alkanes of at least 4 members (excludes halogenated alkanes) is 1. The Hall–Kier alpha value is -1.74. The molecule has 1 unspecified atom stereocenters. The maximum Gasteiger partial charge on any atom is 0.284 e. The lowest BCUT2D eigenvalue weighted by Crippen LogP contribution is -2.35. The topological polar surface area (TPSA) is 6.48 Å². The lowest BCUT2D eigenvalue weighted by atomic mass is 10.2. The Morgan fingerprint density at radius 2 is 1.26 bits per heavy atom. The molecular weight excluding hydrogens is 637 g/mol. The molecule has 5 rings (SSSR count). The summed E-state index contributed by atoms with van der Waals surface area (Å²) in [5.74, 6) is 0.196. The SMILES string of the molecule is CCCCN([P+](Cl)(c1ccccc1)c1ccccc1)[P+]1(I)C(c2ccccc2)=CN(C)[C@H]1c1ccccc1. The van der Waals surface area contributed by atoms with Crippen LogP contribution in [-0.4, -0.2) is 22.9 Å². The standard InChI is InChI=1S/C32H34ClIN2P2/c1-3-4-25-36(37(33,29-21-13-7-14-22-29)30-23-15-8-16-24-30)38(34)31(27-17-9-5-10-18-27)26-35(2)32(38)28-19-11-6-12-20-28/h5-24,26,32H,3-4,25H2,1-2H3/q+2/t32-,38?/m1/s1. The van der Waals surface area contributed by atoms with Crippen LogP contribution in [0.4, 0.5) is 0 Å². The quantitative estimate of drug-likeness (QED) is 0.129. The molecule has 2 atom stereocenters. The molecule has 0 fully saturated rings. The van der Waals surface area contributed by atoms with Crippen LogP contribution in [0.1, 0.15) is 36.7 Å². The molecule has 1 heterocycles. The van der Waals surface area contributed by atoms with Crippen LogP contribution in [0.3, 0.4) is 0 Å². The number of benzene rings is 4. The minimum atomic E-state index is -2.49. The predicted molar refractivity (Wildman–Crippen MR) is 179 cm³/mol. The van der Waals surface area contributed by atoms with E-state index in [0.29, 0.717) is 0 Å². The molecule has 0 radical (unpaired) electrons. The van der Waals surface area contributed by atoms with Gasteiger partial charge in [0.05, 0.1) is 6.54 Å². The Morgan fingerprint density at radius 1 is 0.789 bits per heavy atom. The predicted octanol–water partition coefficient (Wildman–Crippen LogP) is 9.75. The Labute approximate surface area is 246 Å². The number of hydrogen-bond acceptors (Lipinski definition) is 2. The van der Waals surface area contributed by atoms with Crippen molar-refractivity contribution in [3.63, 3.8) is 0 Å². The first kappa shape index (κ1) is 27.8. The molecule has 2 nitrogen and oxygen atoms in total. The summed E-state index contributed by atoms with van der Waals surface area (Å²) >= 11 is 11.1. The summed E-state index contributed by atoms with van der Waals surface area (Å²) in [4.78, 5) is 2.44. The molecule has 0 bridgehead atoms. The molecule has 1 aliphatic rings. The highest BCUT2D eigenvalue weighted by Crippen LogP contribution is 2.95. The molecule has 0 N–H and O–H groups in total. The van der Waals surface area contributed by atoms with Gasteiger partial charge in [-0.05, 0) is 35.1 Å². The first-order valence-corrected chi connectivity index (χ1v) is 20.4. The van der Waals surface area contributed by atoms with Gasteiger partial charge in [-0.1, -0.05) is 110 Å². The Morgan fingerprint density at radius 3 is 1.76 bits per heavy atom. The monoisotopic (exact) mass is 670 g/mol. The van der Waals surface area contributed by atoms with Crippen molar-refractivity contribution in [1.29, 1.82) is 0 Å². The van der Waals surface area contributed by atoms with Gasteiger partial charge in [0.2, 0.25) is 5.06 Å². The van der Waals surface area contributed by atoms with Gasteiger partial charge < -0.3 is 4.90 Å². The molecule has 4 aromatic rings. The molecule has 0 amide bonds. The van der Waals surface area contributed by atoms with Gasteiger partial charge in [-0.3, -0.25) is 0 Å². The number of nitrogens with zero attached hydrogens (tertiary/aromatic N) is 2. The summed E-state index contributed by atoms with van der Waals surface area (Å²) < 4.78 is 2.79. The van der Waals surface area contributed by atoms with Crippen LogP contribution in [-0.2, 0) is 0 Å². The molecule has 38 heavy (non-hydrogen) atoms. The molecule has 0 aliphatic carbocycles. The van der Waals surface area contributed by atoms with E-state index >= 15 is 0 Å². The number of rotatable bonds is 9. The van der Waals surface area contributed by atoms with Gasteiger partial charge in [0.15, 0.2) is 27.8 Å². The maximum absolute atomic E-state index is 8.23. The summed E-state index contributed by atoms with van der Waals surface area (Å²) in [6.45, 7) is 0.726. The van der Waals surface area contributed by atoms with Crippen molar-refractivity contribution in [2.75, 3.05) is 13.6 Å². The first-order chi connectivity index (χ1) is 18.5. The molecule has 4 aromatic carbocycles. The van der Waals surface area contributed by atoms with E-state index in [9.17, 15) is 0 Å². The molecule has 6 heteroatoms. The van der Waals surface area contributed by atoms with E-state index in [1.807, 2.05) is 0 Å². The molecule has 1 aliphatic heterocycles. The minimum Gasteiger partial charge on any atom is -0.337 e. The first-order valence-electron chi connectivity index (χ1n) is 13.1. The van der Waals surface area contributed by atoms with E-state index < -0.39 is 11.8 Å². The highest BCUT2D eigenvalue weighted by molar-refractivity contribution is 14.2. The van der Waals surface area contributed by atoms with Gasteiger partial charge in [-0.25, -0.2) is 0 Å². The van der Waals surface area contributed by atoms with Gasteiger partial charge in [0.1, 0.15) is 27.2 Å². The fraction of sp³-hybridized carbons (Fsp3) is 0.188. The van der Waals surface area contributed by atoms with Gasteiger partial charge in [0, 0.05) is 24.4 Å². The van der Waals surface area contributed by atoms with Crippen LogP contribution in [0.15, 0.2) is 128 Å². The molecule has 0 saturated carbocycles. The van der Waals surface area contributed by atoms with Crippen LogP contribution >= 0.6 is 45.1 Å². The number of halogens is 2. The van der Waals surface area contributed by atoms with E-state index in [1.165, 1.54) is 27.1 Å². The summed E-state index contributed by atoms with van der Waals surface area (Å²) in [6, 6.07) is 43.6. The lowest BCUT2D eigenvalue weighted by molar-refractivity contribution is 0.435. The van der Waals surface area contributed by atoms with E-state index in [1.54, 1.807) is 0 Å². The summed E-state index contributed by atoms with van der Waals surface area (Å²) in [5.41, 5.74) is 2.62. The fourth-order valence-corrected chi connectivity index (χ4v) is 23.0. The molecule has 194 valence electrons. The van der Waals surface area contributed by atoms with E-state index in [4.69, 9.17) is 11.2 Å². The lowest BCUT2D eigenvalue weighted by Gasteiger charge is -2.38.